The highest BCUT2D eigenvalue weighted by Gasteiger charge is 2.59. The summed E-state index contributed by atoms with van der Waals surface area (Å²) in [6.07, 6.45) is 0.289. The fourth-order valence-corrected chi connectivity index (χ4v) is 3.01. The summed E-state index contributed by atoms with van der Waals surface area (Å²) in [4.78, 5) is 31.6. The highest BCUT2D eigenvalue weighted by molar-refractivity contribution is 5.95. The second-order valence-corrected chi connectivity index (χ2v) is 9.61. The van der Waals surface area contributed by atoms with Crippen molar-refractivity contribution in [3.63, 3.8) is 0 Å². The predicted octanol–water partition coefficient (Wildman–Crippen LogP) is 3.96. The van der Waals surface area contributed by atoms with Gasteiger partial charge in [-0.2, -0.15) is 0 Å². The number of hydrogen-bond acceptors (Lipinski definition) is 4. The molecule has 1 aromatic rings. The number of hydroxylamine groups is 2. The Kier molecular flexibility index (Phi) is 5.12. The monoisotopic (exact) mass is 361 g/mol. The molecule has 0 spiro atoms. The number of Topliss-reactive ketones (excluding diaryl/α,β-unsaturated/α-hetero) is 1. The molecule has 1 saturated heterocycles. The average Bonchev–Trinajstić information content (AvgIpc) is 2.78. The second kappa shape index (κ2) is 6.46. The number of nitrogens with zero attached hydrogens (tertiary/aromatic N) is 1. The minimum atomic E-state index is -1.54. The van der Waals surface area contributed by atoms with Crippen LogP contribution in [0.4, 0.5) is 0 Å². The van der Waals surface area contributed by atoms with Gasteiger partial charge in [0.15, 0.2) is 5.79 Å². The molecule has 0 saturated carbocycles. The zero-order chi connectivity index (χ0) is 20.0. The summed E-state index contributed by atoms with van der Waals surface area (Å²) >= 11 is 0. The summed E-state index contributed by atoms with van der Waals surface area (Å²) in [5, 5.41) is 12.3. The summed E-state index contributed by atoms with van der Waals surface area (Å²) in [6, 6.07) is 8.78. The van der Waals surface area contributed by atoms with Gasteiger partial charge in [0.25, 0.3) is 5.91 Å². The summed E-state index contributed by atoms with van der Waals surface area (Å²) in [5.74, 6) is -1.87. The third-order valence-corrected chi connectivity index (χ3v) is 5.11. The van der Waals surface area contributed by atoms with E-state index in [0.29, 0.717) is 5.56 Å². The fraction of sp³-hybridized carbons (Fsp3) is 0.619. The molecule has 0 aliphatic carbocycles. The van der Waals surface area contributed by atoms with Gasteiger partial charge in [0, 0.05) is 29.2 Å². The van der Waals surface area contributed by atoms with Crippen molar-refractivity contribution < 1.29 is 19.5 Å². The lowest BCUT2D eigenvalue weighted by molar-refractivity contribution is -0.309. The van der Waals surface area contributed by atoms with Gasteiger partial charge < -0.3 is 5.11 Å². The molecule has 5 heteroatoms. The second-order valence-electron chi connectivity index (χ2n) is 9.61. The Hall–Kier alpha value is -1.72. The number of aliphatic hydroxyl groups is 1. The van der Waals surface area contributed by atoms with Gasteiger partial charge in [-0.25, -0.2) is 9.90 Å². The van der Waals surface area contributed by atoms with Crippen LogP contribution in [0.2, 0.25) is 0 Å². The third-order valence-electron chi connectivity index (χ3n) is 5.11. The van der Waals surface area contributed by atoms with Gasteiger partial charge in [0.1, 0.15) is 5.78 Å². The van der Waals surface area contributed by atoms with E-state index >= 15 is 0 Å². The molecule has 0 radical (unpaired) electrons. The van der Waals surface area contributed by atoms with Crippen molar-refractivity contribution in [3.05, 3.63) is 35.9 Å². The van der Waals surface area contributed by atoms with Crippen molar-refractivity contribution >= 4 is 11.7 Å². The number of rotatable bonds is 3. The first-order valence-electron chi connectivity index (χ1n) is 9.04. The van der Waals surface area contributed by atoms with Gasteiger partial charge in [0.05, 0.1) is 5.54 Å². The third kappa shape index (κ3) is 3.84. The van der Waals surface area contributed by atoms with Gasteiger partial charge in [-0.05, 0) is 19.1 Å². The maximum atomic E-state index is 13.1. The number of carbonyl (C=O) groups is 2. The van der Waals surface area contributed by atoms with Crippen molar-refractivity contribution in [2.75, 3.05) is 0 Å². The molecule has 1 aromatic carbocycles. The number of carbonyl (C=O) groups excluding carboxylic acids is 2. The van der Waals surface area contributed by atoms with E-state index in [4.69, 9.17) is 4.84 Å². The van der Waals surface area contributed by atoms with E-state index in [2.05, 4.69) is 0 Å². The van der Waals surface area contributed by atoms with Gasteiger partial charge in [-0.1, -0.05) is 59.7 Å². The van der Waals surface area contributed by atoms with Gasteiger partial charge in [-0.3, -0.25) is 9.59 Å². The lowest BCUT2D eigenvalue weighted by Gasteiger charge is -2.35. The van der Waals surface area contributed by atoms with Crippen LogP contribution < -0.4 is 0 Å². The quantitative estimate of drug-likeness (QED) is 0.885. The van der Waals surface area contributed by atoms with E-state index in [1.807, 2.05) is 47.6 Å². The van der Waals surface area contributed by atoms with Crippen molar-refractivity contribution in [2.45, 2.75) is 72.6 Å². The van der Waals surface area contributed by atoms with Crippen LogP contribution in [0.3, 0.4) is 0 Å². The lowest BCUT2D eigenvalue weighted by atomic mass is 9.75. The molecule has 1 N–H and O–H groups in total. The molecule has 1 heterocycles. The Balaban J connectivity index is 2.44. The smallest absolute Gasteiger partial charge is 0.278 e. The maximum absolute atomic E-state index is 13.1. The molecule has 2 rings (SSSR count). The summed E-state index contributed by atoms with van der Waals surface area (Å²) in [6.45, 7) is 12.9. The number of ketones is 1. The molecule has 5 nitrogen and oxygen atoms in total. The van der Waals surface area contributed by atoms with E-state index in [9.17, 15) is 14.7 Å². The molecule has 1 amide bonds. The van der Waals surface area contributed by atoms with E-state index in [0.717, 1.165) is 0 Å². The first-order valence-corrected chi connectivity index (χ1v) is 9.04. The maximum Gasteiger partial charge on any atom is 0.278 e. The Morgan fingerprint density at radius 2 is 1.65 bits per heavy atom. The minimum Gasteiger partial charge on any atom is -0.363 e. The van der Waals surface area contributed by atoms with Gasteiger partial charge in [0.2, 0.25) is 0 Å². The molecular weight excluding hydrogens is 330 g/mol. The van der Waals surface area contributed by atoms with Crippen LogP contribution in [0.5, 0.6) is 0 Å². The average molecular weight is 361 g/mol. The van der Waals surface area contributed by atoms with Crippen LogP contribution in [-0.4, -0.2) is 33.2 Å². The Labute approximate surface area is 156 Å². The molecule has 0 bridgehead atoms. The van der Waals surface area contributed by atoms with E-state index in [-0.39, 0.29) is 24.5 Å². The first-order chi connectivity index (χ1) is 11.7. The van der Waals surface area contributed by atoms with Crippen molar-refractivity contribution in [1.29, 1.82) is 0 Å². The summed E-state index contributed by atoms with van der Waals surface area (Å²) in [5.41, 5.74) is -1.63. The SMILES string of the molecule is CC(C)(C)C(=O)C[C@]1(C)C[C@@](O)(C(C)(C)C)ON1C(=O)c1ccccc1. The standard InChI is InChI=1S/C21H31NO4/c1-18(2,3)16(23)13-20(7)14-21(25,19(4,5)6)26-22(20)17(24)15-11-9-8-10-12-15/h8-12,25H,13-14H2,1-7H3/t20-,21+/m1/s1. The van der Waals surface area contributed by atoms with E-state index in [1.165, 1.54) is 5.06 Å². The normalized spacial score (nSPS) is 26.8. The van der Waals surface area contributed by atoms with Crippen molar-refractivity contribution in [3.8, 4) is 0 Å². The lowest BCUT2D eigenvalue weighted by Crippen LogP contribution is -2.47. The van der Waals surface area contributed by atoms with Crippen LogP contribution in [0.1, 0.15) is 71.7 Å². The molecule has 26 heavy (non-hydrogen) atoms. The van der Waals surface area contributed by atoms with E-state index in [1.54, 1.807) is 31.2 Å². The fourth-order valence-electron chi connectivity index (χ4n) is 3.01. The zero-order valence-corrected chi connectivity index (χ0v) is 16.9. The Morgan fingerprint density at radius 3 is 2.12 bits per heavy atom. The van der Waals surface area contributed by atoms with Crippen LogP contribution >= 0.6 is 0 Å². The number of amides is 1. The largest absolute Gasteiger partial charge is 0.363 e. The summed E-state index contributed by atoms with van der Waals surface area (Å²) in [7, 11) is 0. The molecule has 1 aliphatic heterocycles. The molecule has 1 aliphatic rings. The van der Waals surface area contributed by atoms with E-state index < -0.39 is 22.2 Å². The highest BCUT2D eigenvalue weighted by atomic mass is 16.8. The number of benzene rings is 1. The molecule has 0 aromatic heterocycles. The highest BCUT2D eigenvalue weighted by Crippen LogP contribution is 2.49. The first kappa shape index (κ1) is 20.6. The predicted molar refractivity (Wildman–Crippen MR) is 100 cm³/mol. The zero-order valence-electron chi connectivity index (χ0n) is 16.9. The molecule has 0 unspecified atom stereocenters. The Morgan fingerprint density at radius 1 is 1.12 bits per heavy atom. The van der Waals surface area contributed by atoms with Gasteiger partial charge >= 0.3 is 0 Å². The topological polar surface area (TPSA) is 66.8 Å². The number of hydrogen-bond donors (Lipinski definition) is 1. The molecule has 144 valence electrons. The van der Waals surface area contributed by atoms with Crippen LogP contribution in [-0.2, 0) is 9.63 Å². The Bertz CT molecular complexity index is 686. The van der Waals surface area contributed by atoms with Crippen LogP contribution in [0.25, 0.3) is 0 Å². The minimum absolute atomic E-state index is 0.0209. The van der Waals surface area contributed by atoms with Gasteiger partial charge in [-0.15, -0.1) is 0 Å². The van der Waals surface area contributed by atoms with Crippen molar-refractivity contribution in [1.82, 2.24) is 5.06 Å². The molecular formula is C21H31NO4. The van der Waals surface area contributed by atoms with Crippen LogP contribution in [0, 0.1) is 10.8 Å². The summed E-state index contributed by atoms with van der Waals surface area (Å²) < 4.78 is 0. The van der Waals surface area contributed by atoms with Crippen LogP contribution in [0.15, 0.2) is 30.3 Å². The molecule has 2 atom stereocenters. The van der Waals surface area contributed by atoms with Crippen molar-refractivity contribution in [2.24, 2.45) is 10.8 Å². The molecule has 1 fully saturated rings.